The first-order chi connectivity index (χ1) is 16.6. The molecule has 186 valence electrons. The predicted molar refractivity (Wildman–Crippen MR) is 144 cm³/mol. The monoisotopic (exact) mass is 510 g/mol. The van der Waals surface area contributed by atoms with Crippen LogP contribution in [0.2, 0.25) is 0 Å². The summed E-state index contributed by atoms with van der Waals surface area (Å²) in [6.07, 6.45) is 2.53. The summed E-state index contributed by atoms with van der Waals surface area (Å²) in [4.78, 5) is 14.5. The van der Waals surface area contributed by atoms with Gasteiger partial charge in [-0.1, -0.05) is 60.2 Å². The smallest absolute Gasteiger partial charge is 0.244 e. The molecule has 0 unspecified atom stereocenters. The van der Waals surface area contributed by atoms with E-state index in [0.29, 0.717) is 17.5 Å². The largest absolute Gasteiger partial charge is 0.348 e. The topological polar surface area (TPSA) is 66.5 Å². The third kappa shape index (κ3) is 6.97. The van der Waals surface area contributed by atoms with Gasteiger partial charge in [0.05, 0.1) is 17.5 Å². The summed E-state index contributed by atoms with van der Waals surface area (Å²) < 4.78 is 28.9. The number of carbonyl (C=O) groups is 1. The van der Waals surface area contributed by atoms with E-state index in [-0.39, 0.29) is 29.9 Å². The number of hydrogen-bond acceptors (Lipinski definition) is 4. The quantitative estimate of drug-likeness (QED) is 0.369. The summed E-state index contributed by atoms with van der Waals surface area (Å²) in [6.45, 7) is 7.44. The van der Waals surface area contributed by atoms with Gasteiger partial charge >= 0.3 is 0 Å². The van der Waals surface area contributed by atoms with Crippen molar-refractivity contribution in [2.24, 2.45) is 0 Å². The average molecular weight is 511 g/mol. The summed E-state index contributed by atoms with van der Waals surface area (Å²) in [5.74, 6) is -0.328. The van der Waals surface area contributed by atoms with E-state index in [1.807, 2.05) is 101 Å². The molecule has 0 bridgehead atoms. The maximum absolute atomic E-state index is 13.8. The number of aryl methyl sites for hydroxylation is 3. The lowest BCUT2D eigenvalue weighted by Gasteiger charge is -2.25. The fourth-order valence-electron chi connectivity index (χ4n) is 4.31. The highest BCUT2D eigenvalue weighted by Gasteiger charge is 2.30. The molecular weight excluding hydrogens is 476 g/mol. The van der Waals surface area contributed by atoms with Gasteiger partial charge in [0.25, 0.3) is 0 Å². The van der Waals surface area contributed by atoms with E-state index in [4.69, 9.17) is 0 Å². The molecule has 3 aromatic carbocycles. The van der Waals surface area contributed by atoms with Gasteiger partial charge in [0.1, 0.15) is 0 Å². The Morgan fingerprint density at radius 2 is 1.57 bits per heavy atom. The fraction of sp³-hybridized carbons (Fsp3) is 0.321. The van der Waals surface area contributed by atoms with E-state index >= 15 is 0 Å². The standard InChI is InChI=1S/C28H34N2O3S2/c1-20-17-21(2)28(22(3)18-20)35(32,33)30(16-15-24-9-7-6-8-10-24)19-27(31)29-23(4)25-11-13-26(34-5)14-12-25/h6-14,17-18,23H,15-16,19H2,1-5H3,(H,29,31)/t23-/m0/s1. The molecule has 0 fully saturated rings. The first kappa shape index (κ1) is 27.0. The third-order valence-electron chi connectivity index (χ3n) is 6.01. The Labute approximate surface area is 214 Å². The van der Waals surface area contributed by atoms with E-state index in [1.54, 1.807) is 11.8 Å². The molecule has 0 aliphatic rings. The Bertz CT molecular complexity index is 1230. The van der Waals surface area contributed by atoms with Crippen LogP contribution < -0.4 is 5.32 Å². The zero-order valence-corrected chi connectivity index (χ0v) is 22.7. The first-order valence-corrected chi connectivity index (χ1v) is 14.3. The van der Waals surface area contributed by atoms with E-state index in [9.17, 15) is 13.2 Å². The van der Waals surface area contributed by atoms with Crippen LogP contribution >= 0.6 is 11.8 Å². The van der Waals surface area contributed by atoms with Crippen LogP contribution in [0.4, 0.5) is 0 Å². The molecule has 1 N–H and O–H groups in total. The van der Waals surface area contributed by atoms with Gasteiger partial charge in [-0.15, -0.1) is 11.8 Å². The Hall–Kier alpha value is -2.61. The molecule has 5 nitrogen and oxygen atoms in total. The number of rotatable bonds is 10. The molecule has 0 spiro atoms. The van der Waals surface area contributed by atoms with Crippen molar-refractivity contribution in [3.8, 4) is 0 Å². The van der Waals surface area contributed by atoms with Crippen LogP contribution in [0.15, 0.2) is 76.5 Å². The molecule has 1 amide bonds. The SMILES string of the molecule is CSc1ccc([C@H](C)NC(=O)CN(CCc2ccccc2)S(=O)(=O)c2c(C)cc(C)cc2C)cc1. The van der Waals surface area contributed by atoms with E-state index in [1.165, 1.54) is 4.31 Å². The molecule has 3 aromatic rings. The average Bonchev–Trinajstić information content (AvgIpc) is 2.81. The minimum Gasteiger partial charge on any atom is -0.348 e. The van der Waals surface area contributed by atoms with Crippen LogP contribution in [-0.2, 0) is 21.2 Å². The molecule has 0 radical (unpaired) electrons. The van der Waals surface area contributed by atoms with Gasteiger partial charge in [0.2, 0.25) is 15.9 Å². The number of hydrogen-bond donors (Lipinski definition) is 1. The van der Waals surface area contributed by atoms with Crippen molar-refractivity contribution in [3.63, 3.8) is 0 Å². The number of nitrogens with one attached hydrogen (secondary N) is 1. The third-order valence-corrected chi connectivity index (χ3v) is 8.90. The molecule has 3 rings (SSSR count). The van der Waals surface area contributed by atoms with Crippen molar-refractivity contribution in [1.82, 2.24) is 9.62 Å². The number of carbonyl (C=O) groups excluding carboxylic acids is 1. The summed E-state index contributed by atoms with van der Waals surface area (Å²) in [6, 6.07) is 21.2. The Balaban J connectivity index is 1.84. The Morgan fingerprint density at radius 1 is 0.971 bits per heavy atom. The number of sulfonamides is 1. The van der Waals surface area contributed by atoms with Gasteiger partial charge in [0.15, 0.2) is 0 Å². The zero-order chi connectivity index (χ0) is 25.6. The lowest BCUT2D eigenvalue weighted by Crippen LogP contribution is -2.42. The lowest BCUT2D eigenvalue weighted by atomic mass is 10.1. The van der Waals surface area contributed by atoms with Gasteiger partial charge < -0.3 is 5.32 Å². The minimum absolute atomic E-state index is 0.212. The molecule has 1 atom stereocenters. The molecule has 35 heavy (non-hydrogen) atoms. The van der Waals surface area contributed by atoms with Crippen LogP contribution in [0.1, 0.15) is 40.8 Å². The van der Waals surface area contributed by atoms with Crippen molar-refractivity contribution in [1.29, 1.82) is 0 Å². The predicted octanol–water partition coefficient (Wildman–Crippen LogP) is 5.44. The number of benzene rings is 3. The van der Waals surface area contributed by atoms with Crippen molar-refractivity contribution in [3.05, 3.63) is 94.5 Å². The van der Waals surface area contributed by atoms with Crippen LogP contribution in [0.3, 0.4) is 0 Å². The maximum Gasteiger partial charge on any atom is 0.244 e. The second kappa shape index (κ2) is 11.9. The molecule has 0 heterocycles. The van der Waals surface area contributed by atoms with Crippen molar-refractivity contribution in [2.75, 3.05) is 19.3 Å². The highest BCUT2D eigenvalue weighted by Crippen LogP contribution is 2.26. The highest BCUT2D eigenvalue weighted by molar-refractivity contribution is 7.98. The molecule has 0 saturated carbocycles. The fourth-order valence-corrected chi connectivity index (χ4v) is 6.53. The van der Waals surface area contributed by atoms with E-state index in [0.717, 1.165) is 21.6 Å². The van der Waals surface area contributed by atoms with Gasteiger partial charge in [-0.2, -0.15) is 4.31 Å². The van der Waals surface area contributed by atoms with Gasteiger partial charge in [0, 0.05) is 11.4 Å². The maximum atomic E-state index is 13.8. The molecule has 0 saturated heterocycles. The Kier molecular flexibility index (Phi) is 9.16. The first-order valence-electron chi connectivity index (χ1n) is 11.7. The van der Waals surface area contributed by atoms with Gasteiger partial charge in [-0.05, 0) is 74.8 Å². The minimum atomic E-state index is -3.88. The summed E-state index contributed by atoms with van der Waals surface area (Å²) in [5.41, 5.74) is 4.38. The summed E-state index contributed by atoms with van der Waals surface area (Å²) >= 11 is 1.66. The lowest BCUT2D eigenvalue weighted by molar-refractivity contribution is -0.121. The van der Waals surface area contributed by atoms with E-state index < -0.39 is 10.0 Å². The molecule has 0 aliphatic heterocycles. The second-order valence-electron chi connectivity index (χ2n) is 8.86. The van der Waals surface area contributed by atoms with Crippen molar-refractivity contribution in [2.45, 2.75) is 49.9 Å². The van der Waals surface area contributed by atoms with E-state index in [2.05, 4.69) is 5.32 Å². The van der Waals surface area contributed by atoms with Crippen LogP contribution in [0.5, 0.6) is 0 Å². The number of thioether (sulfide) groups is 1. The normalized spacial score (nSPS) is 12.5. The zero-order valence-electron chi connectivity index (χ0n) is 21.0. The molecule has 0 aliphatic carbocycles. The number of nitrogens with zero attached hydrogens (tertiary/aromatic N) is 1. The Morgan fingerprint density at radius 3 is 2.14 bits per heavy atom. The van der Waals surface area contributed by atoms with Crippen LogP contribution in [-0.4, -0.2) is 38.0 Å². The van der Waals surface area contributed by atoms with Crippen LogP contribution in [0.25, 0.3) is 0 Å². The van der Waals surface area contributed by atoms with Crippen molar-refractivity contribution < 1.29 is 13.2 Å². The highest BCUT2D eigenvalue weighted by atomic mass is 32.2. The van der Waals surface area contributed by atoms with Gasteiger partial charge in [-0.25, -0.2) is 8.42 Å². The number of amides is 1. The molecule has 0 aromatic heterocycles. The summed E-state index contributed by atoms with van der Waals surface area (Å²) in [5, 5.41) is 2.97. The van der Waals surface area contributed by atoms with Crippen molar-refractivity contribution >= 4 is 27.7 Å². The molecule has 7 heteroatoms. The molecular formula is C28H34N2O3S2. The summed E-state index contributed by atoms with van der Waals surface area (Å²) in [7, 11) is -3.88. The van der Waals surface area contributed by atoms with Gasteiger partial charge in [-0.3, -0.25) is 4.79 Å². The second-order valence-corrected chi connectivity index (χ2v) is 11.6. The van der Waals surface area contributed by atoms with Crippen LogP contribution in [0, 0.1) is 20.8 Å².